The van der Waals surface area contributed by atoms with Gasteiger partial charge in [0.25, 0.3) is 10.1 Å². The molecule has 1 unspecified atom stereocenters. The smallest absolute Gasteiger partial charge is 0.265 e. The van der Waals surface area contributed by atoms with Crippen molar-refractivity contribution >= 4 is 43.2 Å². The zero-order valence-corrected chi connectivity index (χ0v) is 35.7. The molecule has 3 atom stereocenters. The molecular formula is C44H51ClN2O9S2. The van der Waals surface area contributed by atoms with Crippen LogP contribution in [-0.4, -0.2) is 64.6 Å². The Labute approximate surface area is 346 Å². The number of ether oxygens (including phenoxy) is 3. The molecule has 1 aliphatic heterocycles. The molecule has 58 heavy (non-hydrogen) atoms. The summed E-state index contributed by atoms with van der Waals surface area (Å²) in [7, 11) is -4.76. The number of benzene rings is 4. The zero-order valence-electron chi connectivity index (χ0n) is 33.3. The Morgan fingerprint density at radius 1 is 0.879 bits per heavy atom. The van der Waals surface area contributed by atoms with Crippen LogP contribution in [0.25, 0.3) is 0 Å². The first-order valence-corrected chi connectivity index (χ1v) is 23.0. The number of anilines is 1. The number of carbonyl (C=O) groups excluding carboxylic acids is 1. The average molecular weight is 851 g/mol. The van der Waals surface area contributed by atoms with Crippen molar-refractivity contribution in [2.75, 3.05) is 38.4 Å². The first-order chi connectivity index (χ1) is 27.5. The van der Waals surface area contributed by atoms with Gasteiger partial charge >= 0.3 is 0 Å². The number of fused-ring (bicyclic) bond motifs is 5. The van der Waals surface area contributed by atoms with Crippen molar-refractivity contribution < 1.29 is 40.4 Å². The number of hydrogen-bond acceptors (Lipinski definition) is 9. The van der Waals surface area contributed by atoms with Crippen LogP contribution >= 0.6 is 11.6 Å². The number of halogens is 1. The van der Waals surface area contributed by atoms with E-state index in [9.17, 15) is 21.6 Å². The molecule has 2 saturated carbocycles. The molecule has 4 aromatic rings. The summed E-state index contributed by atoms with van der Waals surface area (Å²) >= 11 is 6.31. The van der Waals surface area contributed by atoms with Crippen LogP contribution in [-0.2, 0) is 49.9 Å². The van der Waals surface area contributed by atoms with Crippen LogP contribution in [0.3, 0.4) is 0 Å². The summed E-state index contributed by atoms with van der Waals surface area (Å²) in [6, 6.07) is 26.1. The molecule has 0 saturated heterocycles. The Balaban J connectivity index is 0.000000286. The first kappa shape index (κ1) is 42.0. The maximum atomic E-state index is 14.2. The molecule has 2 N–H and O–H groups in total. The van der Waals surface area contributed by atoms with Gasteiger partial charge in [0, 0.05) is 36.5 Å². The Hall–Kier alpha value is -4.14. The number of ketones is 1. The van der Waals surface area contributed by atoms with E-state index in [1.54, 1.807) is 32.4 Å². The van der Waals surface area contributed by atoms with Crippen molar-refractivity contribution in [3.63, 3.8) is 0 Å². The fourth-order valence-electron chi connectivity index (χ4n) is 9.50. The molecule has 1 heterocycles. The number of rotatable bonds is 10. The fourth-order valence-corrected chi connectivity index (χ4v) is 12.4. The molecule has 3 aliphatic carbocycles. The lowest BCUT2D eigenvalue weighted by Gasteiger charge is -2.37. The molecular weight excluding hydrogens is 800 g/mol. The zero-order chi connectivity index (χ0) is 41.5. The highest BCUT2D eigenvalue weighted by Gasteiger charge is 2.65. The van der Waals surface area contributed by atoms with Crippen molar-refractivity contribution in [2.24, 2.45) is 16.7 Å². The number of sulfonamides is 1. The van der Waals surface area contributed by atoms with Gasteiger partial charge in [0.1, 0.15) is 23.0 Å². The van der Waals surface area contributed by atoms with E-state index in [-0.39, 0.29) is 40.5 Å². The van der Waals surface area contributed by atoms with E-state index in [4.69, 9.17) is 30.4 Å². The standard InChI is InChI=1S/C34H35ClN2O5S.C10H16O4S/c1-40-28-10-5-24(6-11-28)20-37(21-25-7-12-29(41-2)13-8-25)43(38,39)30-14-16-33-32(19-30)36-22-34(23-42-33)17-3-4-26-18-27(35)9-15-31(26)34;1-9(2)7-3-4-10(9,8(11)5-7)6-15(12,13)14/h5-16,18-19,36H,3-4,17,20-23H2,1-2H3;7H,3-6H2,1-2H3,(H,12,13,14)/t34-;7?,10-/m01/s1. The van der Waals surface area contributed by atoms with Crippen LogP contribution in [0.5, 0.6) is 17.2 Å². The number of hydrogen-bond donors (Lipinski definition) is 2. The number of aryl methyl sites for hydroxylation is 1. The second kappa shape index (κ2) is 16.1. The minimum Gasteiger partial charge on any atom is -0.497 e. The van der Waals surface area contributed by atoms with Crippen LogP contribution in [0.4, 0.5) is 5.69 Å². The second-order valence-electron chi connectivity index (χ2n) is 16.6. The lowest BCUT2D eigenvalue weighted by molar-refractivity contribution is -0.128. The van der Waals surface area contributed by atoms with Gasteiger partial charge in [0.15, 0.2) is 0 Å². The molecule has 4 aliphatic rings. The van der Waals surface area contributed by atoms with Crippen molar-refractivity contribution in [1.29, 1.82) is 0 Å². The minimum atomic E-state index is -4.08. The SMILES string of the molecule is CC1(C)C2CC[C@@]1(CS(=O)(=O)O)C(=O)C2.COc1ccc(CN(Cc2ccc(OC)cc2)S(=O)(=O)c2ccc3c(c2)NC[C@@]2(CCCc4cc(Cl)ccc42)CO3)cc1. The van der Waals surface area contributed by atoms with Gasteiger partial charge in [-0.15, -0.1) is 0 Å². The highest BCUT2D eigenvalue weighted by Crippen LogP contribution is 2.64. The topological polar surface area (TPSA) is 149 Å². The number of nitrogens with zero attached hydrogens (tertiary/aromatic N) is 1. The number of Topliss-reactive ketones (excluding diaryl/α,β-unsaturated/α-hetero) is 1. The van der Waals surface area contributed by atoms with Crippen LogP contribution in [0.1, 0.15) is 68.2 Å². The van der Waals surface area contributed by atoms with E-state index in [1.807, 2.05) is 68.4 Å². The summed E-state index contributed by atoms with van der Waals surface area (Å²) in [6.45, 7) is 5.43. The van der Waals surface area contributed by atoms with Crippen molar-refractivity contribution in [3.8, 4) is 17.2 Å². The maximum Gasteiger partial charge on any atom is 0.265 e. The van der Waals surface area contributed by atoms with E-state index in [1.165, 1.54) is 15.4 Å². The number of carbonyl (C=O) groups is 1. The summed E-state index contributed by atoms with van der Waals surface area (Å²) in [6.07, 6.45) is 4.98. The van der Waals surface area contributed by atoms with Crippen molar-refractivity contribution in [1.82, 2.24) is 4.31 Å². The third-order valence-corrected chi connectivity index (χ3v) is 15.9. The third kappa shape index (κ3) is 8.21. The Bertz CT molecular complexity index is 2340. The molecule has 310 valence electrons. The molecule has 0 amide bonds. The van der Waals surface area contributed by atoms with E-state index in [0.717, 1.165) is 41.8 Å². The predicted molar refractivity (Wildman–Crippen MR) is 224 cm³/mol. The van der Waals surface area contributed by atoms with Gasteiger partial charge < -0.3 is 19.5 Å². The van der Waals surface area contributed by atoms with Crippen LogP contribution in [0.15, 0.2) is 89.8 Å². The monoisotopic (exact) mass is 850 g/mol. The Morgan fingerprint density at radius 2 is 1.52 bits per heavy atom. The number of methoxy groups -OCH3 is 2. The minimum absolute atomic E-state index is 0.0152. The van der Waals surface area contributed by atoms with Gasteiger partial charge in [-0.1, -0.05) is 55.8 Å². The molecule has 2 fully saturated rings. The summed E-state index contributed by atoms with van der Waals surface area (Å²) in [4.78, 5) is 12.1. The van der Waals surface area contributed by atoms with Crippen LogP contribution in [0.2, 0.25) is 5.02 Å². The quantitative estimate of drug-likeness (QED) is 0.150. The van der Waals surface area contributed by atoms with Gasteiger partial charge in [-0.05, 0) is 120 Å². The maximum absolute atomic E-state index is 14.2. The number of nitrogens with one attached hydrogen (secondary N) is 1. The van der Waals surface area contributed by atoms with Crippen LogP contribution < -0.4 is 19.5 Å². The van der Waals surface area contributed by atoms with Gasteiger partial charge in [-0.25, -0.2) is 8.42 Å². The highest BCUT2D eigenvalue weighted by molar-refractivity contribution is 7.89. The molecule has 14 heteroatoms. The third-order valence-electron chi connectivity index (χ3n) is 13.1. The summed E-state index contributed by atoms with van der Waals surface area (Å²) in [5, 5.41) is 4.29. The summed E-state index contributed by atoms with van der Waals surface area (Å²) in [5.41, 5.74) is 3.55. The fraction of sp³-hybridized carbons (Fsp3) is 0.432. The highest BCUT2D eigenvalue weighted by atomic mass is 35.5. The first-order valence-electron chi connectivity index (χ1n) is 19.5. The molecule has 1 spiro atoms. The normalized spacial score (nSPS) is 23.2. The Kier molecular flexibility index (Phi) is 11.7. The molecule has 0 aromatic heterocycles. The van der Waals surface area contributed by atoms with Crippen LogP contribution in [0, 0.1) is 16.7 Å². The van der Waals surface area contributed by atoms with Crippen molar-refractivity contribution in [3.05, 3.63) is 112 Å². The molecule has 0 radical (unpaired) electrons. The van der Waals surface area contributed by atoms with E-state index >= 15 is 0 Å². The molecule has 2 bridgehead atoms. The lowest BCUT2D eigenvalue weighted by atomic mass is 9.70. The van der Waals surface area contributed by atoms with Gasteiger partial charge in [0.05, 0.1) is 42.6 Å². The average Bonchev–Trinajstić information content (AvgIpc) is 3.42. The summed E-state index contributed by atoms with van der Waals surface area (Å²) in [5.74, 6) is 1.97. The lowest BCUT2D eigenvalue weighted by Crippen LogP contribution is -2.42. The van der Waals surface area contributed by atoms with Crippen molar-refractivity contribution in [2.45, 2.75) is 75.8 Å². The van der Waals surface area contributed by atoms with E-state index < -0.39 is 31.3 Å². The molecule has 8 rings (SSSR count). The molecule has 4 aromatic carbocycles. The summed E-state index contributed by atoms with van der Waals surface area (Å²) < 4.78 is 77.9. The largest absolute Gasteiger partial charge is 0.497 e. The second-order valence-corrected chi connectivity index (χ2v) is 20.4. The van der Waals surface area contributed by atoms with Gasteiger partial charge in [0.2, 0.25) is 10.0 Å². The van der Waals surface area contributed by atoms with E-state index in [0.29, 0.717) is 48.9 Å². The molecule has 11 nitrogen and oxygen atoms in total. The van der Waals surface area contributed by atoms with Gasteiger partial charge in [-0.2, -0.15) is 12.7 Å². The van der Waals surface area contributed by atoms with E-state index in [2.05, 4.69) is 17.4 Å². The Morgan fingerprint density at radius 3 is 2.07 bits per heavy atom. The van der Waals surface area contributed by atoms with Gasteiger partial charge in [-0.3, -0.25) is 9.35 Å². The predicted octanol–water partition coefficient (Wildman–Crippen LogP) is 8.10.